The lowest BCUT2D eigenvalue weighted by Gasteiger charge is -2.14. The molecule has 0 saturated carbocycles. The van der Waals surface area contributed by atoms with Crippen LogP contribution in [0, 0.1) is 25.3 Å². The normalized spacial score (nSPS) is 12.0. The first kappa shape index (κ1) is 20.2. The molecule has 0 aliphatic carbocycles. The first-order valence-electron chi connectivity index (χ1n) is 7.48. The number of nitriles is 1. The van der Waals surface area contributed by atoms with Crippen LogP contribution in [-0.4, -0.2) is 11.4 Å². The van der Waals surface area contributed by atoms with Gasteiger partial charge in [-0.3, -0.25) is 0 Å². The van der Waals surface area contributed by atoms with Gasteiger partial charge < -0.3 is 5.32 Å². The van der Waals surface area contributed by atoms with E-state index in [9.17, 15) is 13.2 Å². The molecule has 0 heterocycles. The lowest BCUT2D eigenvalue weighted by Crippen LogP contribution is -2.07. The van der Waals surface area contributed by atoms with Crippen molar-refractivity contribution in [3.8, 4) is 6.19 Å². The maximum Gasteiger partial charge on any atom is 0.416 e. The summed E-state index contributed by atoms with van der Waals surface area (Å²) in [6.45, 7) is 3.79. The standard InChI is InChI=1S/C18H16F3N3S2/c1-11-7-14(24-17(25-3)23-10-22)8-12(2)16(11)26-15-6-4-5-13(9-15)18(19,20)21/h4-9H,1-3H3,(H,23,24). The first-order chi connectivity index (χ1) is 12.2. The van der Waals surface area contributed by atoms with Crippen molar-refractivity contribution >= 4 is 34.4 Å². The van der Waals surface area contributed by atoms with E-state index in [2.05, 4.69) is 10.3 Å². The van der Waals surface area contributed by atoms with Crippen molar-refractivity contribution in [2.45, 2.75) is 29.8 Å². The fourth-order valence-electron chi connectivity index (χ4n) is 2.33. The van der Waals surface area contributed by atoms with E-state index in [4.69, 9.17) is 5.26 Å². The summed E-state index contributed by atoms with van der Waals surface area (Å²) in [5.74, 6) is 0. The van der Waals surface area contributed by atoms with Gasteiger partial charge in [0.05, 0.1) is 5.56 Å². The van der Waals surface area contributed by atoms with Crippen LogP contribution in [0.3, 0.4) is 0 Å². The second-order valence-corrected chi connectivity index (χ2v) is 7.29. The number of alkyl halides is 3. The monoisotopic (exact) mass is 395 g/mol. The van der Waals surface area contributed by atoms with E-state index in [-0.39, 0.29) is 0 Å². The number of hydrogen-bond acceptors (Lipinski definition) is 4. The topological polar surface area (TPSA) is 48.2 Å². The van der Waals surface area contributed by atoms with Gasteiger partial charge in [-0.2, -0.15) is 18.4 Å². The van der Waals surface area contributed by atoms with Crippen LogP contribution in [0.1, 0.15) is 16.7 Å². The Morgan fingerprint density at radius 2 is 1.81 bits per heavy atom. The number of thioether (sulfide) groups is 1. The molecule has 0 atom stereocenters. The molecule has 3 nitrogen and oxygen atoms in total. The van der Waals surface area contributed by atoms with Gasteiger partial charge in [0.25, 0.3) is 0 Å². The molecule has 0 unspecified atom stereocenters. The Morgan fingerprint density at radius 3 is 2.35 bits per heavy atom. The van der Waals surface area contributed by atoms with Gasteiger partial charge >= 0.3 is 6.18 Å². The Labute approximate surface area is 158 Å². The molecule has 26 heavy (non-hydrogen) atoms. The van der Waals surface area contributed by atoms with Crippen molar-refractivity contribution < 1.29 is 13.2 Å². The maximum atomic E-state index is 12.9. The molecule has 8 heteroatoms. The molecule has 1 N–H and O–H groups in total. The predicted octanol–water partition coefficient (Wildman–Crippen LogP) is 6.09. The summed E-state index contributed by atoms with van der Waals surface area (Å²) in [6, 6.07) is 9.06. The number of halogens is 3. The van der Waals surface area contributed by atoms with Crippen LogP contribution in [0.2, 0.25) is 0 Å². The molecule has 0 fully saturated rings. The smallest absolute Gasteiger partial charge is 0.334 e. The fourth-order valence-corrected chi connectivity index (χ4v) is 3.69. The van der Waals surface area contributed by atoms with E-state index >= 15 is 0 Å². The summed E-state index contributed by atoms with van der Waals surface area (Å²) in [5, 5.41) is 12.2. The molecular weight excluding hydrogens is 379 g/mol. The molecule has 2 aromatic carbocycles. The summed E-state index contributed by atoms with van der Waals surface area (Å²) in [6.07, 6.45) is -0.814. The summed E-state index contributed by atoms with van der Waals surface area (Å²) < 4.78 is 38.6. The van der Waals surface area contributed by atoms with Crippen molar-refractivity contribution in [1.82, 2.24) is 0 Å². The second-order valence-electron chi connectivity index (χ2n) is 5.41. The van der Waals surface area contributed by atoms with E-state index in [0.717, 1.165) is 33.8 Å². The molecule has 0 aliphatic rings. The van der Waals surface area contributed by atoms with Crippen LogP contribution in [0.5, 0.6) is 0 Å². The zero-order valence-electron chi connectivity index (χ0n) is 14.3. The average molecular weight is 395 g/mol. The summed E-state index contributed by atoms with van der Waals surface area (Å²) >= 11 is 2.62. The molecule has 0 spiro atoms. The van der Waals surface area contributed by atoms with E-state index < -0.39 is 11.7 Å². The third kappa shape index (κ3) is 5.19. The van der Waals surface area contributed by atoms with E-state index in [1.165, 1.54) is 29.6 Å². The number of aryl methyl sites for hydroxylation is 2. The quantitative estimate of drug-likeness (QED) is 0.388. The van der Waals surface area contributed by atoms with Crippen LogP contribution in [0.15, 0.2) is 51.2 Å². The Morgan fingerprint density at radius 1 is 1.15 bits per heavy atom. The van der Waals surface area contributed by atoms with Crippen molar-refractivity contribution in [3.05, 3.63) is 53.1 Å². The zero-order valence-corrected chi connectivity index (χ0v) is 15.9. The van der Waals surface area contributed by atoms with Crippen molar-refractivity contribution in [3.63, 3.8) is 0 Å². The van der Waals surface area contributed by atoms with E-state index in [1.54, 1.807) is 18.5 Å². The Balaban J connectivity index is 2.29. The van der Waals surface area contributed by atoms with Gasteiger partial charge in [0, 0.05) is 15.5 Å². The van der Waals surface area contributed by atoms with Gasteiger partial charge in [-0.15, -0.1) is 4.99 Å². The highest BCUT2D eigenvalue weighted by molar-refractivity contribution is 8.13. The Kier molecular flexibility index (Phi) is 6.62. The van der Waals surface area contributed by atoms with Gasteiger partial charge in [0.1, 0.15) is 0 Å². The third-order valence-corrected chi connectivity index (χ3v) is 5.36. The lowest BCUT2D eigenvalue weighted by molar-refractivity contribution is -0.137. The Hall–Kier alpha value is -2.11. The minimum absolute atomic E-state index is 0.476. The maximum absolute atomic E-state index is 12.9. The molecule has 136 valence electrons. The average Bonchev–Trinajstić information content (AvgIpc) is 2.57. The summed E-state index contributed by atoms with van der Waals surface area (Å²) in [7, 11) is 0. The molecule has 2 aromatic rings. The predicted molar refractivity (Wildman–Crippen MR) is 102 cm³/mol. The second kappa shape index (κ2) is 8.52. The Bertz CT molecular complexity index is 848. The number of benzene rings is 2. The zero-order chi connectivity index (χ0) is 19.3. The largest absolute Gasteiger partial charge is 0.416 e. The van der Waals surface area contributed by atoms with Gasteiger partial charge in [-0.05, 0) is 61.6 Å². The molecule has 0 radical (unpaired) electrons. The molecule has 0 saturated heterocycles. The highest BCUT2D eigenvalue weighted by Gasteiger charge is 2.30. The summed E-state index contributed by atoms with van der Waals surface area (Å²) in [4.78, 5) is 5.11. The van der Waals surface area contributed by atoms with Crippen molar-refractivity contribution in [2.24, 2.45) is 4.99 Å². The SMILES string of the molecule is CS/C(=N\C#N)Nc1cc(C)c(Sc2cccc(C(F)(F)F)c2)c(C)c1. The number of nitrogens with one attached hydrogen (secondary N) is 1. The van der Waals surface area contributed by atoms with Gasteiger partial charge in [-0.25, -0.2) is 0 Å². The number of amidine groups is 1. The number of aliphatic imine (C=N–C) groups is 1. The van der Waals surface area contributed by atoms with Crippen molar-refractivity contribution in [2.75, 3.05) is 11.6 Å². The molecule has 2 rings (SSSR count). The molecular formula is C18H16F3N3S2. The molecule has 0 bridgehead atoms. The van der Waals surface area contributed by atoms with E-state index in [1.807, 2.05) is 26.0 Å². The highest BCUT2D eigenvalue weighted by Crippen LogP contribution is 2.37. The lowest BCUT2D eigenvalue weighted by atomic mass is 10.1. The van der Waals surface area contributed by atoms with Crippen LogP contribution >= 0.6 is 23.5 Å². The molecule has 0 amide bonds. The van der Waals surface area contributed by atoms with Crippen LogP contribution in [0.25, 0.3) is 0 Å². The van der Waals surface area contributed by atoms with Gasteiger partial charge in [-0.1, -0.05) is 29.6 Å². The summed E-state index contributed by atoms with van der Waals surface area (Å²) in [5.41, 5.74) is 1.96. The minimum atomic E-state index is -4.36. The van der Waals surface area contributed by atoms with Gasteiger partial charge in [0.2, 0.25) is 6.19 Å². The number of rotatable bonds is 3. The van der Waals surface area contributed by atoms with E-state index in [0.29, 0.717) is 10.1 Å². The van der Waals surface area contributed by atoms with Crippen LogP contribution < -0.4 is 5.32 Å². The number of anilines is 1. The first-order valence-corrected chi connectivity index (χ1v) is 9.53. The number of nitrogens with zero attached hydrogens (tertiary/aromatic N) is 2. The van der Waals surface area contributed by atoms with Crippen molar-refractivity contribution in [1.29, 1.82) is 5.26 Å². The van der Waals surface area contributed by atoms with Crippen LogP contribution in [-0.2, 0) is 6.18 Å². The van der Waals surface area contributed by atoms with Gasteiger partial charge in [0.15, 0.2) is 5.17 Å². The fraction of sp³-hybridized carbons (Fsp3) is 0.222. The highest BCUT2D eigenvalue weighted by atomic mass is 32.2. The molecule has 0 aromatic heterocycles. The number of hydrogen-bond donors (Lipinski definition) is 1. The van der Waals surface area contributed by atoms with Crippen LogP contribution in [0.4, 0.5) is 18.9 Å². The minimum Gasteiger partial charge on any atom is -0.334 e. The molecule has 0 aliphatic heterocycles. The third-order valence-electron chi connectivity index (χ3n) is 3.44.